The van der Waals surface area contributed by atoms with Crippen molar-refractivity contribution in [2.24, 2.45) is 11.8 Å². The third kappa shape index (κ3) is 2.92. The zero-order chi connectivity index (χ0) is 13.1. The van der Waals surface area contributed by atoms with Gasteiger partial charge in [-0.2, -0.15) is 0 Å². The third-order valence-corrected chi connectivity index (χ3v) is 4.92. The van der Waals surface area contributed by atoms with Gasteiger partial charge in [0.25, 0.3) is 0 Å². The second-order valence-electron chi connectivity index (χ2n) is 6.22. The molecule has 3 rings (SSSR count). The lowest BCUT2D eigenvalue weighted by molar-refractivity contribution is 0.211. The van der Waals surface area contributed by atoms with E-state index in [1.54, 1.807) is 5.56 Å². The maximum absolute atomic E-state index is 3.60. The first-order valence-corrected chi connectivity index (χ1v) is 7.77. The van der Waals surface area contributed by atoms with Crippen LogP contribution < -0.4 is 5.32 Å². The fraction of sp³-hybridized carbons (Fsp3) is 0.556. The van der Waals surface area contributed by atoms with Crippen molar-refractivity contribution >= 4 is 0 Å². The zero-order valence-corrected chi connectivity index (χ0v) is 11.9. The molecule has 1 aromatic rings. The third-order valence-electron chi connectivity index (χ3n) is 4.92. The molecule has 1 aliphatic carbocycles. The topological polar surface area (TPSA) is 12.0 Å². The van der Waals surface area contributed by atoms with E-state index in [1.165, 1.54) is 37.8 Å². The molecule has 1 saturated heterocycles. The van der Waals surface area contributed by atoms with Crippen molar-refractivity contribution in [3.8, 4) is 0 Å². The van der Waals surface area contributed by atoms with E-state index in [2.05, 4.69) is 48.7 Å². The van der Waals surface area contributed by atoms with E-state index in [4.69, 9.17) is 0 Å². The van der Waals surface area contributed by atoms with Crippen molar-refractivity contribution in [1.29, 1.82) is 0 Å². The summed E-state index contributed by atoms with van der Waals surface area (Å²) < 4.78 is 0. The largest absolute Gasteiger partial charge is 0.316 e. The molecule has 1 aromatic carbocycles. The Morgan fingerprint density at radius 3 is 2.89 bits per heavy atom. The highest BCUT2D eigenvalue weighted by Crippen LogP contribution is 2.39. The molecule has 19 heavy (non-hydrogen) atoms. The Kier molecular flexibility index (Phi) is 4.03. The first-order chi connectivity index (χ1) is 9.34. The molecule has 102 valence electrons. The molecule has 1 N–H and O–H groups in total. The molecule has 1 heterocycles. The molecule has 0 radical (unpaired) electrons. The van der Waals surface area contributed by atoms with E-state index >= 15 is 0 Å². The van der Waals surface area contributed by atoms with Gasteiger partial charge < -0.3 is 5.32 Å². The molecule has 3 unspecified atom stereocenters. The summed E-state index contributed by atoms with van der Waals surface area (Å²) in [6.07, 6.45) is 10.1. The standard InChI is InChI=1S/C18H25N/c1-14-6-5-9-16(12-14)18-13-19-11-10-17(18)15-7-3-2-4-8-15/h2-3,5-6,9,12,15,17-19H,4,7-8,10-11,13H2,1H3. The van der Waals surface area contributed by atoms with E-state index in [1.807, 2.05) is 0 Å². The van der Waals surface area contributed by atoms with Gasteiger partial charge in [0.1, 0.15) is 0 Å². The summed E-state index contributed by atoms with van der Waals surface area (Å²) in [6, 6.07) is 9.15. The Morgan fingerprint density at radius 1 is 1.16 bits per heavy atom. The quantitative estimate of drug-likeness (QED) is 0.786. The van der Waals surface area contributed by atoms with Crippen molar-refractivity contribution < 1.29 is 0 Å². The van der Waals surface area contributed by atoms with Crippen LogP contribution in [0.15, 0.2) is 36.4 Å². The van der Waals surface area contributed by atoms with Crippen LogP contribution in [0.25, 0.3) is 0 Å². The van der Waals surface area contributed by atoms with Crippen LogP contribution >= 0.6 is 0 Å². The van der Waals surface area contributed by atoms with Gasteiger partial charge in [-0.15, -0.1) is 0 Å². The molecule has 0 amide bonds. The number of allylic oxidation sites excluding steroid dienone is 2. The molecule has 0 aromatic heterocycles. The van der Waals surface area contributed by atoms with Crippen LogP contribution in [0.1, 0.15) is 42.7 Å². The van der Waals surface area contributed by atoms with Crippen LogP contribution in [0, 0.1) is 18.8 Å². The second-order valence-corrected chi connectivity index (χ2v) is 6.22. The van der Waals surface area contributed by atoms with Crippen molar-refractivity contribution in [1.82, 2.24) is 5.32 Å². The smallest absolute Gasteiger partial charge is 0.00229 e. The molecule has 0 saturated carbocycles. The molecule has 1 aliphatic heterocycles. The minimum Gasteiger partial charge on any atom is -0.316 e. The Hall–Kier alpha value is -1.08. The Bertz CT molecular complexity index is 449. The summed E-state index contributed by atoms with van der Waals surface area (Å²) in [5.74, 6) is 2.48. The highest BCUT2D eigenvalue weighted by atomic mass is 14.9. The van der Waals surface area contributed by atoms with E-state index in [9.17, 15) is 0 Å². The van der Waals surface area contributed by atoms with Crippen LogP contribution in [-0.2, 0) is 0 Å². The van der Waals surface area contributed by atoms with Gasteiger partial charge >= 0.3 is 0 Å². The molecular formula is C18H25N. The normalized spacial score (nSPS) is 31.3. The molecule has 3 atom stereocenters. The number of benzene rings is 1. The first kappa shape index (κ1) is 12.9. The van der Waals surface area contributed by atoms with E-state index < -0.39 is 0 Å². The number of piperidine rings is 1. The van der Waals surface area contributed by atoms with E-state index in [0.717, 1.165) is 18.4 Å². The highest BCUT2D eigenvalue weighted by molar-refractivity contribution is 5.27. The minimum absolute atomic E-state index is 0.713. The number of hydrogen-bond donors (Lipinski definition) is 1. The van der Waals surface area contributed by atoms with Gasteiger partial charge in [0, 0.05) is 6.54 Å². The lowest BCUT2D eigenvalue weighted by Crippen LogP contribution is -2.38. The summed E-state index contributed by atoms with van der Waals surface area (Å²) in [5.41, 5.74) is 2.94. The highest BCUT2D eigenvalue weighted by Gasteiger charge is 2.32. The van der Waals surface area contributed by atoms with Crippen LogP contribution in [0.5, 0.6) is 0 Å². The fourth-order valence-electron chi connectivity index (χ4n) is 3.91. The number of nitrogens with one attached hydrogen (secondary N) is 1. The molecular weight excluding hydrogens is 230 g/mol. The van der Waals surface area contributed by atoms with Crippen LogP contribution in [-0.4, -0.2) is 13.1 Å². The first-order valence-electron chi connectivity index (χ1n) is 7.77. The van der Waals surface area contributed by atoms with Gasteiger partial charge in [-0.05, 0) is 62.5 Å². The number of aryl methyl sites for hydroxylation is 1. The van der Waals surface area contributed by atoms with Crippen molar-refractivity contribution in [2.75, 3.05) is 13.1 Å². The van der Waals surface area contributed by atoms with Crippen LogP contribution in [0.2, 0.25) is 0 Å². The monoisotopic (exact) mass is 255 g/mol. The second kappa shape index (κ2) is 5.92. The maximum Gasteiger partial charge on any atom is 0.00229 e. The average molecular weight is 255 g/mol. The van der Waals surface area contributed by atoms with Crippen molar-refractivity contribution in [3.63, 3.8) is 0 Å². The van der Waals surface area contributed by atoms with Gasteiger partial charge in [-0.3, -0.25) is 0 Å². The summed E-state index contributed by atoms with van der Waals surface area (Å²) in [6.45, 7) is 4.57. The van der Waals surface area contributed by atoms with Gasteiger partial charge in [-0.25, -0.2) is 0 Å². The Morgan fingerprint density at radius 2 is 2.11 bits per heavy atom. The summed E-state index contributed by atoms with van der Waals surface area (Å²) in [5, 5.41) is 3.60. The van der Waals surface area contributed by atoms with Gasteiger partial charge in [0.2, 0.25) is 0 Å². The van der Waals surface area contributed by atoms with Crippen molar-refractivity contribution in [2.45, 2.75) is 38.5 Å². The van der Waals surface area contributed by atoms with Crippen LogP contribution in [0.3, 0.4) is 0 Å². The minimum atomic E-state index is 0.713. The lowest BCUT2D eigenvalue weighted by Gasteiger charge is -2.38. The average Bonchev–Trinajstić information content (AvgIpc) is 2.48. The predicted octanol–water partition coefficient (Wildman–Crippen LogP) is 4.04. The maximum atomic E-state index is 3.60. The molecule has 0 spiro atoms. The van der Waals surface area contributed by atoms with Gasteiger partial charge in [-0.1, -0.05) is 42.0 Å². The lowest BCUT2D eigenvalue weighted by atomic mass is 9.70. The van der Waals surface area contributed by atoms with Gasteiger partial charge in [0.05, 0.1) is 0 Å². The Balaban J connectivity index is 1.82. The van der Waals surface area contributed by atoms with Crippen molar-refractivity contribution in [3.05, 3.63) is 47.5 Å². The Labute approximate surface area is 117 Å². The SMILES string of the molecule is Cc1cccc(C2CNCCC2C2CC=CCC2)c1. The predicted molar refractivity (Wildman–Crippen MR) is 81.4 cm³/mol. The van der Waals surface area contributed by atoms with Crippen LogP contribution in [0.4, 0.5) is 0 Å². The van der Waals surface area contributed by atoms with Gasteiger partial charge in [0.15, 0.2) is 0 Å². The number of hydrogen-bond acceptors (Lipinski definition) is 1. The number of rotatable bonds is 2. The summed E-state index contributed by atoms with van der Waals surface area (Å²) in [4.78, 5) is 0. The fourth-order valence-corrected chi connectivity index (χ4v) is 3.91. The molecule has 1 heteroatoms. The van der Waals surface area contributed by atoms with E-state index in [0.29, 0.717) is 5.92 Å². The molecule has 1 fully saturated rings. The molecule has 2 aliphatic rings. The summed E-state index contributed by atoms with van der Waals surface area (Å²) >= 11 is 0. The molecule has 1 nitrogen and oxygen atoms in total. The molecule has 0 bridgehead atoms. The van der Waals surface area contributed by atoms with E-state index in [-0.39, 0.29) is 0 Å². The zero-order valence-electron chi connectivity index (χ0n) is 11.9. The summed E-state index contributed by atoms with van der Waals surface area (Å²) in [7, 11) is 0.